The van der Waals surface area contributed by atoms with Crippen molar-refractivity contribution >= 4 is 23.4 Å². The molecule has 0 spiro atoms. The Morgan fingerprint density at radius 3 is 2.08 bits per heavy atom. The summed E-state index contributed by atoms with van der Waals surface area (Å²) in [6, 6.07) is 5.43. The molecule has 25 heavy (non-hydrogen) atoms. The van der Waals surface area contributed by atoms with E-state index in [1.165, 1.54) is 36.3 Å². The van der Waals surface area contributed by atoms with Crippen LogP contribution in [0.15, 0.2) is 29.4 Å². The van der Waals surface area contributed by atoms with E-state index in [1.54, 1.807) is 9.80 Å². The van der Waals surface area contributed by atoms with E-state index in [9.17, 15) is 18.8 Å². The molecule has 132 valence electrons. The number of hydrogen-bond acceptors (Lipinski definition) is 4. The fourth-order valence-electron chi connectivity index (χ4n) is 2.89. The fraction of sp³-hybridized carbons (Fsp3) is 0.412. The molecular formula is C17H19FN4O3. The predicted molar refractivity (Wildman–Crippen MR) is 88.3 cm³/mol. The van der Waals surface area contributed by atoms with Crippen LogP contribution < -0.4 is 0 Å². The highest BCUT2D eigenvalue weighted by atomic mass is 19.1. The Morgan fingerprint density at radius 2 is 1.52 bits per heavy atom. The molecule has 0 bridgehead atoms. The molecule has 0 aliphatic carbocycles. The molecule has 3 rings (SSSR count). The summed E-state index contributed by atoms with van der Waals surface area (Å²) < 4.78 is 13.0. The van der Waals surface area contributed by atoms with Gasteiger partial charge in [-0.1, -0.05) is 0 Å². The molecular weight excluding hydrogens is 327 g/mol. The van der Waals surface area contributed by atoms with Gasteiger partial charge in [0.2, 0.25) is 5.91 Å². The third-order valence-corrected chi connectivity index (χ3v) is 4.40. The zero-order chi connectivity index (χ0) is 18.0. The van der Waals surface area contributed by atoms with E-state index in [4.69, 9.17) is 0 Å². The lowest BCUT2D eigenvalue weighted by Crippen LogP contribution is -2.52. The number of piperazine rings is 1. The highest BCUT2D eigenvalue weighted by Crippen LogP contribution is 2.13. The van der Waals surface area contributed by atoms with Crippen LogP contribution in [0, 0.1) is 5.82 Å². The van der Waals surface area contributed by atoms with Gasteiger partial charge in [-0.15, -0.1) is 0 Å². The van der Waals surface area contributed by atoms with Crippen LogP contribution >= 0.6 is 0 Å². The van der Waals surface area contributed by atoms with Gasteiger partial charge in [0.05, 0.1) is 0 Å². The van der Waals surface area contributed by atoms with Crippen molar-refractivity contribution in [1.82, 2.24) is 14.8 Å². The molecule has 1 fully saturated rings. The second kappa shape index (κ2) is 7.00. The van der Waals surface area contributed by atoms with Gasteiger partial charge in [-0.2, -0.15) is 5.10 Å². The van der Waals surface area contributed by atoms with Gasteiger partial charge in [-0.05, 0) is 24.3 Å². The molecule has 0 atom stereocenters. The third kappa shape index (κ3) is 3.67. The molecule has 2 aliphatic heterocycles. The predicted octanol–water partition coefficient (Wildman–Crippen LogP) is 0.718. The largest absolute Gasteiger partial charge is 0.335 e. The number of nitrogens with zero attached hydrogens (tertiary/aromatic N) is 4. The van der Waals surface area contributed by atoms with Crippen molar-refractivity contribution in [3.63, 3.8) is 0 Å². The molecule has 1 saturated heterocycles. The highest BCUT2D eigenvalue weighted by Gasteiger charge is 2.29. The summed E-state index contributed by atoms with van der Waals surface area (Å²) in [4.78, 5) is 39.6. The molecule has 0 radical (unpaired) electrons. The maximum atomic E-state index is 13.0. The van der Waals surface area contributed by atoms with Crippen molar-refractivity contribution in [3.8, 4) is 0 Å². The van der Waals surface area contributed by atoms with Crippen molar-refractivity contribution in [2.24, 2.45) is 5.10 Å². The third-order valence-electron chi connectivity index (χ3n) is 4.40. The lowest BCUT2D eigenvalue weighted by Gasteiger charge is -2.35. The normalized spacial score (nSPS) is 18.2. The SMILES string of the molecule is CN1N=C(C(=O)N2CCN(C(=O)c3ccc(F)cc3)CC2)CCC1=O. The first kappa shape index (κ1) is 17.1. The van der Waals surface area contributed by atoms with Crippen LogP contribution in [0.4, 0.5) is 4.39 Å². The highest BCUT2D eigenvalue weighted by molar-refractivity contribution is 6.39. The molecule has 2 heterocycles. The number of carbonyl (C=O) groups excluding carboxylic acids is 3. The van der Waals surface area contributed by atoms with Gasteiger partial charge < -0.3 is 9.80 Å². The summed E-state index contributed by atoms with van der Waals surface area (Å²) in [5, 5.41) is 5.24. The van der Waals surface area contributed by atoms with Gasteiger partial charge >= 0.3 is 0 Å². The van der Waals surface area contributed by atoms with Crippen molar-refractivity contribution in [1.29, 1.82) is 0 Å². The topological polar surface area (TPSA) is 73.3 Å². The Balaban J connectivity index is 1.59. The second-order valence-corrected chi connectivity index (χ2v) is 6.06. The number of amides is 3. The van der Waals surface area contributed by atoms with Gasteiger partial charge in [-0.25, -0.2) is 9.40 Å². The van der Waals surface area contributed by atoms with Gasteiger partial charge in [-0.3, -0.25) is 14.4 Å². The molecule has 7 nitrogen and oxygen atoms in total. The van der Waals surface area contributed by atoms with Gasteiger partial charge in [0.25, 0.3) is 11.8 Å². The summed E-state index contributed by atoms with van der Waals surface area (Å²) in [6.07, 6.45) is 0.626. The van der Waals surface area contributed by atoms with E-state index in [2.05, 4.69) is 5.10 Å². The quantitative estimate of drug-likeness (QED) is 0.792. The molecule has 0 N–H and O–H groups in total. The molecule has 8 heteroatoms. The van der Waals surface area contributed by atoms with E-state index in [0.717, 1.165) is 0 Å². The standard InChI is InChI=1S/C17H19FN4O3/c1-20-15(23)7-6-14(19-20)17(25)22-10-8-21(9-11-22)16(24)12-2-4-13(18)5-3-12/h2-5H,6-11H2,1H3. The summed E-state index contributed by atoms with van der Waals surface area (Å²) >= 11 is 0. The average Bonchev–Trinajstić information content (AvgIpc) is 2.63. The maximum absolute atomic E-state index is 13.0. The van der Waals surface area contributed by atoms with E-state index >= 15 is 0 Å². The first-order valence-electron chi connectivity index (χ1n) is 8.14. The molecule has 0 aromatic heterocycles. The van der Waals surface area contributed by atoms with Gasteiger partial charge in [0.1, 0.15) is 11.5 Å². The first-order chi connectivity index (χ1) is 12.0. The van der Waals surface area contributed by atoms with Crippen molar-refractivity contribution in [2.45, 2.75) is 12.8 Å². The number of carbonyl (C=O) groups is 3. The smallest absolute Gasteiger partial charge is 0.270 e. The van der Waals surface area contributed by atoms with Crippen LogP contribution in [-0.4, -0.2) is 71.5 Å². The van der Waals surface area contributed by atoms with Crippen LogP contribution in [0.5, 0.6) is 0 Å². The minimum atomic E-state index is -0.385. The first-order valence-corrected chi connectivity index (χ1v) is 8.14. The van der Waals surface area contributed by atoms with Crippen molar-refractivity contribution in [2.75, 3.05) is 33.2 Å². The zero-order valence-electron chi connectivity index (χ0n) is 13.9. The summed E-state index contributed by atoms with van der Waals surface area (Å²) in [7, 11) is 1.54. The summed E-state index contributed by atoms with van der Waals surface area (Å²) in [5.41, 5.74) is 0.804. The van der Waals surface area contributed by atoms with Crippen molar-refractivity contribution in [3.05, 3.63) is 35.6 Å². The average molecular weight is 346 g/mol. The number of hydrogen-bond donors (Lipinski definition) is 0. The molecule has 2 aliphatic rings. The lowest BCUT2D eigenvalue weighted by molar-refractivity contribution is -0.131. The fourth-order valence-corrected chi connectivity index (χ4v) is 2.89. The minimum Gasteiger partial charge on any atom is -0.335 e. The minimum absolute atomic E-state index is 0.105. The Hall–Kier alpha value is -2.77. The molecule has 0 unspecified atom stereocenters. The Labute approximate surface area is 144 Å². The Kier molecular flexibility index (Phi) is 4.78. The van der Waals surface area contributed by atoms with Crippen LogP contribution in [0.25, 0.3) is 0 Å². The maximum Gasteiger partial charge on any atom is 0.270 e. The van der Waals surface area contributed by atoms with Crippen LogP contribution in [0.3, 0.4) is 0 Å². The van der Waals surface area contributed by atoms with Gasteiger partial charge in [0, 0.05) is 51.6 Å². The van der Waals surface area contributed by atoms with Crippen LogP contribution in [-0.2, 0) is 9.59 Å². The van der Waals surface area contributed by atoms with E-state index in [-0.39, 0.29) is 30.0 Å². The van der Waals surface area contributed by atoms with Crippen LogP contribution in [0.1, 0.15) is 23.2 Å². The number of halogens is 1. The lowest BCUT2D eigenvalue weighted by atomic mass is 10.1. The van der Waals surface area contributed by atoms with Gasteiger partial charge in [0.15, 0.2) is 0 Å². The Bertz CT molecular complexity index is 724. The number of hydrazone groups is 1. The summed E-state index contributed by atoms with van der Waals surface area (Å²) in [5.74, 6) is -0.851. The zero-order valence-corrected chi connectivity index (χ0v) is 13.9. The number of benzene rings is 1. The van der Waals surface area contributed by atoms with E-state index < -0.39 is 0 Å². The Morgan fingerprint density at radius 1 is 0.960 bits per heavy atom. The molecule has 0 saturated carbocycles. The molecule has 3 amide bonds. The summed E-state index contributed by atoms with van der Waals surface area (Å²) in [6.45, 7) is 1.62. The monoisotopic (exact) mass is 346 g/mol. The molecule has 1 aromatic carbocycles. The van der Waals surface area contributed by atoms with Crippen molar-refractivity contribution < 1.29 is 18.8 Å². The van der Waals surface area contributed by atoms with E-state index in [0.29, 0.717) is 43.9 Å². The molecule has 1 aromatic rings. The second-order valence-electron chi connectivity index (χ2n) is 6.06. The number of rotatable bonds is 2. The van der Waals surface area contributed by atoms with Crippen LogP contribution in [0.2, 0.25) is 0 Å². The van der Waals surface area contributed by atoms with E-state index in [1.807, 2.05) is 0 Å².